The summed E-state index contributed by atoms with van der Waals surface area (Å²) in [7, 11) is 0. The largest absolute Gasteiger partial charge is 0.178 e. The Kier molecular flexibility index (Phi) is 4.41. The van der Waals surface area contributed by atoms with E-state index in [9.17, 15) is 0 Å². The van der Waals surface area contributed by atoms with Gasteiger partial charge in [0.15, 0.2) is 0 Å². The molecule has 0 aliphatic rings. The number of hydrogen-bond donors (Lipinski definition) is 1. The Morgan fingerprint density at radius 1 is 1.27 bits per heavy atom. The summed E-state index contributed by atoms with van der Waals surface area (Å²) in [6, 6.07) is 8.33. The zero-order valence-corrected chi connectivity index (χ0v) is 9.25. The van der Waals surface area contributed by atoms with Gasteiger partial charge in [-0.3, -0.25) is 0 Å². The second-order valence-electron chi connectivity index (χ2n) is 2.03. The fourth-order valence-corrected chi connectivity index (χ4v) is 1.89. The van der Waals surface area contributed by atoms with Gasteiger partial charge < -0.3 is 0 Å². The van der Waals surface area contributed by atoms with Gasteiger partial charge in [0.25, 0.3) is 0 Å². The second kappa shape index (κ2) is 5.12. The molecule has 0 saturated carbocycles. The molecular weight excluding hydrogens is 240 g/mol. The van der Waals surface area contributed by atoms with Crippen LogP contribution in [0.3, 0.4) is 0 Å². The van der Waals surface area contributed by atoms with Crippen molar-refractivity contribution < 1.29 is 0 Å². The fourth-order valence-electron chi connectivity index (χ4n) is 0.694. The third-order valence-electron chi connectivity index (χ3n) is 1.17. The number of hydrogen-bond acceptors (Lipinski definition) is 2. The van der Waals surface area contributed by atoms with Crippen LogP contribution in [0.2, 0.25) is 0 Å². The van der Waals surface area contributed by atoms with Gasteiger partial charge in [-0.15, -0.1) is 11.8 Å². The SMILES string of the molecule is SCCSc1ccc(Br)cc1. The molecule has 0 heterocycles. The van der Waals surface area contributed by atoms with E-state index in [1.165, 1.54) is 4.90 Å². The molecule has 0 saturated heterocycles. The molecule has 0 spiro atoms. The number of thiol groups is 1. The lowest BCUT2D eigenvalue weighted by Gasteiger charge is -1.97. The summed E-state index contributed by atoms with van der Waals surface area (Å²) >= 11 is 9.36. The minimum atomic E-state index is 0.931. The van der Waals surface area contributed by atoms with E-state index in [2.05, 4.69) is 52.8 Å². The molecule has 0 aliphatic heterocycles. The van der Waals surface area contributed by atoms with Crippen LogP contribution in [-0.2, 0) is 0 Å². The molecule has 0 N–H and O–H groups in total. The van der Waals surface area contributed by atoms with Gasteiger partial charge >= 0.3 is 0 Å². The molecule has 1 aromatic rings. The maximum absolute atomic E-state index is 4.14. The molecule has 0 radical (unpaired) electrons. The lowest BCUT2D eigenvalue weighted by Crippen LogP contribution is -1.78. The summed E-state index contributed by atoms with van der Waals surface area (Å²) in [6.07, 6.45) is 0. The number of benzene rings is 1. The number of halogens is 1. The zero-order valence-electron chi connectivity index (χ0n) is 5.96. The summed E-state index contributed by atoms with van der Waals surface area (Å²) in [6.45, 7) is 0. The van der Waals surface area contributed by atoms with Crippen LogP contribution in [0, 0.1) is 0 Å². The average Bonchev–Trinajstić information content (AvgIpc) is 2.04. The highest BCUT2D eigenvalue weighted by molar-refractivity contribution is 9.10. The van der Waals surface area contributed by atoms with Gasteiger partial charge in [-0.2, -0.15) is 12.6 Å². The van der Waals surface area contributed by atoms with Crippen molar-refractivity contribution in [2.75, 3.05) is 11.5 Å². The maximum Gasteiger partial charge on any atom is 0.0176 e. The minimum absolute atomic E-state index is 0.931. The molecule has 3 heteroatoms. The Morgan fingerprint density at radius 3 is 2.45 bits per heavy atom. The first kappa shape index (κ1) is 9.49. The Balaban J connectivity index is 2.52. The van der Waals surface area contributed by atoms with Crippen LogP contribution in [0.5, 0.6) is 0 Å². The molecule has 1 rings (SSSR count). The van der Waals surface area contributed by atoms with E-state index in [0.29, 0.717) is 0 Å². The lowest BCUT2D eigenvalue weighted by atomic mass is 10.4. The molecule has 11 heavy (non-hydrogen) atoms. The first-order valence-corrected chi connectivity index (χ1v) is 5.73. The third-order valence-corrected chi connectivity index (χ3v) is 3.24. The van der Waals surface area contributed by atoms with Gasteiger partial charge in [-0.25, -0.2) is 0 Å². The molecule has 0 bridgehead atoms. The molecule has 0 unspecified atom stereocenters. The Labute approximate surface area is 85.3 Å². The van der Waals surface area contributed by atoms with Crippen molar-refractivity contribution in [3.8, 4) is 0 Å². The molecule has 60 valence electrons. The van der Waals surface area contributed by atoms with E-state index < -0.39 is 0 Å². The van der Waals surface area contributed by atoms with Crippen molar-refractivity contribution in [3.05, 3.63) is 28.7 Å². The van der Waals surface area contributed by atoms with Crippen molar-refractivity contribution in [2.45, 2.75) is 4.90 Å². The van der Waals surface area contributed by atoms with Crippen LogP contribution in [0.25, 0.3) is 0 Å². The quantitative estimate of drug-likeness (QED) is 0.632. The Bertz CT molecular complexity index is 208. The molecule has 0 aromatic heterocycles. The van der Waals surface area contributed by atoms with Crippen molar-refractivity contribution in [2.24, 2.45) is 0 Å². The minimum Gasteiger partial charge on any atom is -0.178 e. The van der Waals surface area contributed by atoms with E-state index in [1.807, 2.05) is 11.8 Å². The van der Waals surface area contributed by atoms with Gasteiger partial charge in [0, 0.05) is 15.1 Å². The second-order valence-corrected chi connectivity index (χ2v) is 4.56. The molecule has 0 amide bonds. The van der Waals surface area contributed by atoms with Gasteiger partial charge in [0.1, 0.15) is 0 Å². The van der Waals surface area contributed by atoms with E-state index >= 15 is 0 Å². The topological polar surface area (TPSA) is 0 Å². The van der Waals surface area contributed by atoms with Crippen molar-refractivity contribution in [1.82, 2.24) is 0 Å². The van der Waals surface area contributed by atoms with Crippen molar-refractivity contribution in [1.29, 1.82) is 0 Å². The number of thioether (sulfide) groups is 1. The fraction of sp³-hybridized carbons (Fsp3) is 0.250. The maximum atomic E-state index is 4.14. The molecule has 1 aromatic carbocycles. The van der Waals surface area contributed by atoms with Crippen molar-refractivity contribution >= 4 is 40.3 Å². The summed E-state index contributed by atoms with van der Waals surface area (Å²) in [4.78, 5) is 1.31. The summed E-state index contributed by atoms with van der Waals surface area (Å²) in [5, 5.41) is 0. The predicted octanol–water partition coefficient (Wildman–Crippen LogP) is 3.47. The highest BCUT2D eigenvalue weighted by Gasteiger charge is 1.91. The Hall–Kier alpha value is 0.400. The van der Waals surface area contributed by atoms with Crippen LogP contribution in [0.4, 0.5) is 0 Å². The normalized spacial score (nSPS) is 10.0. The van der Waals surface area contributed by atoms with E-state index in [0.717, 1.165) is 16.0 Å². The average molecular weight is 249 g/mol. The van der Waals surface area contributed by atoms with E-state index in [1.54, 1.807) is 0 Å². The highest BCUT2D eigenvalue weighted by Crippen LogP contribution is 2.20. The first-order chi connectivity index (χ1) is 5.33. The molecular formula is C8H9BrS2. The van der Waals surface area contributed by atoms with E-state index in [-0.39, 0.29) is 0 Å². The van der Waals surface area contributed by atoms with Gasteiger partial charge in [-0.1, -0.05) is 15.9 Å². The zero-order chi connectivity index (χ0) is 8.10. The summed E-state index contributed by atoms with van der Waals surface area (Å²) < 4.78 is 1.13. The monoisotopic (exact) mass is 248 g/mol. The number of rotatable bonds is 3. The summed E-state index contributed by atoms with van der Waals surface area (Å²) in [5.41, 5.74) is 0. The predicted molar refractivity (Wildman–Crippen MR) is 58.7 cm³/mol. The van der Waals surface area contributed by atoms with E-state index in [4.69, 9.17) is 0 Å². The van der Waals surface area contributed by atoms with Gasteiger partial charge in [0.05, 0.1) is 0 Å². The summed E-state index contributed by atoms with van der Waals surface area (Å²) in [5.74, 6) is 2.01. The lowest BCUT2D eigenvalue weighted by molar-refractivity contribution is 1.42. The molecule has 0 atom stereocenters. The van der Waals surface area contributed by atoms with Crippen LogP contribution >= 0.6 is 40.3 Å². The van der Waals surface area contributed by atoms with Gasteiger partial charge in [0.2, 0.25) is 0 Å². The van der Waals surface area contributed by atoms with Crippen LogP contribution in [-0.4, -0.2) is 11.5 Å². The van der Waals surface area contributed by atoms with Crippen LogP contribution in [0.1, 0.15) is 0 Å². The first-order valence-electron chi connectivity index (χ1n) is 3.32. The smallest absolute Gasteiger partial charge is 0.0176 e. The molecule has 0 nitrogen and oxygen atoms in total. The van der Waals surface area contributed by atoms with Crippen LogP contribution < -0.4 is 0 Å². The van der Waals surface area contributed by atoms with Crippen molar-refractivity contribution in [3.63, 3.8) is 0 Å². The standard InChI is InChI=1S/C8H9BrS2/c9-7-1-3-8(4-2-7)11-6-5-10/h1-4,10H,5-6H2. The molecule has 0 aliphatic carbocycles. The highest BCUT2D eigenvalue weighted by atomic mass is 79.9. The Morgan fingerprint density at radius 2 is 1.91 bits per heavy atom. The van der Waals surface area contributed by atoms with Gasteiger partial charge in [-0.05, 0) is 30.0 Å². The molecule has 0 fully saturated rings. The van der Waals surface area contributed by atoms with Crippen LogP contribution in [0.15, 0.2) is 33.6 Å². The third kappa shape index (κ3) is 3.54.